The van der Waals surface area contributed by atoms with Crippen LogP contribution in [0.4, 0.5) is 10.5 Å². The van der Waals surface area contributed by atoms with Crippen LogP contribution < -0.4 is 5.32 Å². The minimum Gasteiger partial charge on any atom is -0.478 e. The molecule has 152 valence electrons. The molecule has 10 nitrogen and oxygen atoms in total. The number of amides is 1. The van der Waals surface area contributed by atoms with Gasteiger partial charge in [0.2, 0.25) is 0 Å². The van der Waals surface area contributed by atoms with Crippen molar-refractivity contribution in [2.24, 2.45) is 0 Å². The van der Waals surface area contributed by atoms with Gasteiger partial charge in [-0.3, -0.25) is 5.32 Å². The van der Waals surface area contributed by atoms with Gasteiger partial charge in [-0.25, -0.2) is 24.2 Å². The average molecular weight is 402 g/mol. The van der Waals surface area contributed by atoms with E-state index in [4.69, 9.17) is 4.74 Å². The number of nitrogens with one attached hydrogen (secondary N) is 1. The Kier molecular flexibility index (Phi) is 5.87. The Labute approximate surface area is 164 Å². The Morgan fingerprint density at radius 2 is 1.66 bits per heavy atom. The number of ether oxygens (including phenoxy) is 1. The fraction of sp³-hybridized carbons (Fsp3) is 0.211. The second-order valence-electron chi connectivity index (χ2n) is 6.89. The van der Waals surface area contributed by atoms with E-state index in [2.05, 4.69) is 10.3 Å². The van der Waals surface area contributed by atoms with Crippen LogP contribution in [-0.2, 0) is 4.74 Å². The van der Waals surface area contributed by atoms with Crippen molar-refractivity contribution in [2.45, 2.75) is 26.4 Å². The quantitative estimate of drug-likeness (QED) is 0.588. The average Bonchev–Trinajstić information content (AvgIpc) is 2.58. The van der Waals surface area contributed by atoms with Gasteiger partial charge in [0.1, 0.15) is 11.2 Å². The maximum Gasteiger partial charge on any atom is 0.412 e. The molecule has 0 bridgehead atoms. The van der Waals surface area contributed by atoms with E-state index in [1.54, 1.807) is 20.8 Å². The molecule has 0 saturated carbocycles. The number of carboxylic acid groups (broad SMARTS) is 3. The monoisotopic (exact) mass is 402 g/mol. The Morgan fingerprint density at radius 1 is 1.00 bits per heavy atom. The summed E-state index contributed by atoms with van der Waals surface area (Å²) in [5, 5.41) is 30.7. The van der Waals surface area contributed by atoms with Gasteiger partial charge in [-0.1, -0.05) is 12.1 Å². The number of benzene rings is 1. The third-order valence-electron chi connectivity index (χ3n) is 3.52. The molecule has 0 atom stereocenters. The largest absolute Gasteiger partial charge is 0.478 e. The number of aromatic carboxylic acids is 3. The van der Waals surface area contributed by atoms with Crippen molar-refractivity contribution in [3.05, 3.63) is 47.3 Å². The number of pyridine rings is 1. The van der Waals surface area contributed by atoms with Crippen molar-refractivity contribution in [1.29, 1.82) is 0 Å². The molecular formula is C19H18N2O8. The van der Waals surface area contributed by atoms with Gasteiger partial charge < -0.3 is 20.1 Å². The van der Waals surface area contributed by atoms with Gasteiger partial charge in [0.05, 0.1) is 5.56 Å². The predicted octanol–water partition coefficient (Wildman–Crippen LogP) is 3.19. The lowest BCUT2D eigenvalue weighted by Gasteiger charge is -2.20. The van der Waals surface area contributed by atoms with Crippen molar-refractivity contribution in [2.75, 3.05) is 5.32 Å². The van der Waals surface area contributed by atoms with Crippen LogP contribution in [0.2, 0.25) is 0 Å². The lowest BCUT2D eigenvalue weighted by atomic mass is 9.94. The summed E-state index contributed by atoms with van der Waals surface area (Å²) in [4.78, 5) is 50.1. The molecule has 29 heavy (non-hydrogen) atoms. The Hall–Kier alpha value is -3.95. The van der Waals surface area contributed by atoms with Crippen LogP contribution in [0.5, 0.6) is 0 Å². The van der Waals surface area contributed by atoms with Gasteiger partial charge in [-0.15, -0.1) is 0 Å². The fourth-order valence-electron chi connectivity index (χ4n) is 2.52. The van der Waals surface area contributed by atoms with Crippen molar-refractivity contribution in [3.8, 4) is 11.1 Å². The van der Waals surface area contributed by atoms with Crippen LogP contribution in [0.15, 0.2) is 30.5 Å². The van der Waals surface area contributed by atoms with Gasteiger partial charge in [-0.2, -0.15) is 0 Å². The Balaban J connectivity index is 2.63. The van der Waals surface area contributed by atoms with E-state index in [1.165, 1.54) is 24.3 Å². The molecule has 0 aliphatic carbocycles. The van der Waals surface area contributed by atoms with Gasteiger partial charge >= 0.3 is 24.0 Å². The zero-order valence-electron chi connectivity index (χ0n) is 15.7. The third-order valence-corrected chi connectivity index (χ3v) is 3.52. The van der Waals surface area contributed by atoms with E-state index in [-0.39, 0.29) is 16.8 Å². The molecule has 0 aliphatic rings. The highest BCUT2D eigenvalue weighted by molar-refractivity contribution is 6.10. The topological polar surface area (TPSA) is 163 Å². The number of hydrogen-bond acceptors (Lipinski definition) is 6. The first-order valence-corrected chi connectivity index (χ1v) is 8.24. The molecule has 1 aromatic carbocycles. The number of carbonyl (C=O) groups excluding carboxylic acids is 1. The van der Waals surface area contributed by atoms with Crippen molar-refractivity contribution >= 4 is 29.7 Å². The minimum atomic E-state index is -1.65. The Bertz CT molecular complexity index is 1010. The predicted molar refractivity (Wildman–Crippen MR) is 100 cm³/mol. The first kappa shape index (κ1) is 21.4. The molecular weight excluding hydrogens is 384 g/mol. The smallest absolute Gasteiger partial charge is 0.412 e. The van der Waals surface area contributed by atoms with E-state index >= 15 is 0 Å². The SMILES string of the molecule is CC(C)(C)OC(=O)Nc1cccc(-c2c(C(=O)O)cnc(C(=O)O)c2C(=O)O)c1. The van der Waals surface area contributed by atoms with Crippen LogP contribution in [0, 0.1) is 0 Å². The summed E-state index contributed by atoms with van der Waals surface area (Å²) in [6, 6.07) is 5.62. The first-order valence-electron chi connectivity index (χ1n) is 8.24. The van der Waals surface area contributed by atoms with E-state index < -0.39 is 46.4 Å². The van der Waals surface area contributed by atoms with Crippen molar-refractivity contribution in [1.82, 2.24) is 4.98 Å². The van der Waals surface area contributed by atoms with Crippen molar-refractivity contribution in [3.63, 3.8) is 0 Å². The molecule has 2 rings (SSSR count). The van der Waals surface area contributed by atoms with E-state index in [0.29, 0.717) is 0 Å². The summed E-state index contributed by atoms with van der Waals surface area (Å²) in [6.07, 6.45) is 0.00848. The molecule has 4 N–H and O–H groups in total. The molecule has 1 amide bonds. The Morgan fingerprint density at radius 3 is 2.17 bits per heavy atom. The number of aromatic nitrogens is 1. The summed E-state index contributed by atoms with van der Waals surface area (Å²) >= 11 is 0. The summed E-state index contributed by atoms with van der Waals surface area (Å²) in [6.45, 7) is 5.02. The zero-order chi connectivity index (χ0) is 21.9. The molecule has 2 aromatic rings. The normalized spacial score (nSPS) is 10.9. The van der Waals surface area contributed by atoms with E-state index in [9.17, 15) is 34.5 Å². The van der Waals surface area contributed by atoms with Crippen LogP contribution >= 0.6 is 0 Å². The number of carboxylic acids is 3. The molecule has 10 heteroatoms. The molecule has 1 aromatic heterocycles. The number of hydrogen-bond donors (Lipinski definition) is 4. The van der Waals surface area contributed by atoms with Crippen LogP contribution in [0.25, 0.3) is 11.1 Å². The molecule has 1 heterocycles. The lowest BCUT2D eigenvalue weighted by molar-refractivity contribution is 0.0632. The van der Waals surface area contributed by atoms with Crippen LogP contribution in [0.1, 0.15) is 52.0 Å². The molecule has 0 radical (unpaired) electrons. The highest BCUT2D eigenvalue weighted by atomic mass is 16.6. The summed E-state index contributed by atoms with van der Waals surface area (Å²) in [7, 11) is 0. The highest BCUT2D eigenvalue weighted by Crippen LogP contribution is 2.31. The fourth-order valence-corrected chi connectivity index (χ4v) is 2.52. The molecule has 0 spiro atoms. The first-order chi connectivity index (χ1) is 13.4. The number of nitrogens with zero attached hydrogens (tertiary/aromatic N) is 1. The van der Waals surface area contributed by atoms with Gasteiger partial charge in [0.25, 0.3) is 0 Å². The van der Waals surface area contributed by atoms with Crippen LogP contribution in [0.3, 0.4) is 0 Å². The highest BCUT2D eigenvalue weighted by Gasteiger charge is 2.28. The zero-order valence-corrected chi connectivity index (χ0v) is 15.7. The van der Waals surface area contributed by atoms with Gasteiger partial charge in [-0.05, 0) is 38.5 Å². The standard InChI is InChI=1S/C19H18N2O8/c1-19(2,3)29-18(28)21-10-6-4-5-9(7-10)12-11(15(22)23)8-20-14(17(26)27)13(12)16(24)25/h4-8H,1-3H3,(H,21,28)(H,22,23)(H,24,25)(H,26,27). The summed E-state index contributed by atoms with van der Waals surface area (Å²) in [5.74, 6) is -4.76. The van der Waals surface area contributed by atoms with E-state index in [0.717, 1.165) is 6.20 Å². The maximum atomic E-state index is 12.0. The lowest BCUT2D eigenvalue weighted by Crippen LogP contribution is -2.27. The summed E-state index contributed by atoms with van der Waals surface area (Å²) in [5.41, 5.74) is -2.91. The minimum absolute atomic E-state index is 0.0678. The van der Waals surface area contributed by atoms with Gasteiger partial charge in [0.15, 0.2) is 5.69 Å². The molecule has 0 saturated heterocycles. The summed E-state index contributed by atoms with van der Waals surface area (Å²) < 4.78 is 5.14. The van der Waals surface area contributed by atoms with E-state index in [1.807, 2.05) is 0 Å². The van der Waals surface area contributed by atoms with Gasteiger partial charge in [0, 0.05) is 17.4 Å². The third kappa shape index (κ3) is 5.06. The molecule has 0 aliphatic heterocycles. The second kappa shape index (κ2) is 7.97. The molecule has 0 unspecified atom stereocenters. The number of rotatable bonds is 5. The van der Waals surface area contributed by atoms with Crippen molar-refractivity contribution < 1.29 is 39.2 Å². The maximum absolute atomic E-state index is 12.0. The van der Waals surface area contributed by atoms with Crippen LogP contribution in [-0.4, -0.2) is 49.9 Å². The number of carbonyl (C=O) groups is 4. The second-order valence-corrected chi connectivity index (χ2v) is 6.89. The molecule has 0 fully saturated rings. The number of anilines is 1.